The van der Waals surface area contributed by atoms with E-state index in [0.717, 1.165) is 24.3 Å². The minimum atomic E-state index is -0.180. The highest BCUT2D eigenvalue weighted by atomic mass is 19.1. The summed E-state index contributed by atoms with van der Waals surface area (Å²) in [7, 11) is 0. The van der Waals surface area contributed by atoms with Crippen molar-refractivity contribution >= 4 is 0 Å². The van der Waals surface area contributed by atoms with Crippen molar-refractivity contribution in [1.82, 2.24) is 5.32 Å². The van der Waals surface area contributed by atoms with Crippen molar-refractivity contribution in [2.24, 2.45) is 23.2 Å². The van der Waals surface area contributed by atoms with Gasteiger partial charge < -0.3 is 5.32 Å². The van der Waals surface area contributed by atoms with Crippen LogP contribution in [0.3, 0.4) is 0 Å². The molecule has 98 valence electrons. The first-order valence-corrected chi connectivity index (χ1v) is 7.51. The zero-order valence-corrected chi connectivity index (χ0v) is 11.1. The molecule has 0 spiro atoms. The van der Waals surface area contributed by atoms with Crippen LogP contribution in [0.1, 0.15) is 51.9 Å². The van der Waals surface area contributed by atoms with Gasteiger partial charge in [-0.2, -0.15) is 0 Å². The van der Waals surface area contributed by atoms with Crippen molar-refractivity contribution in [1.29, 1.82) is 0 Å². The van der Waals surface area contributed by atoms with E-state index in [4.69, 9.17) is 0 Å². The van der Waals surface area contributed by atoms with Gasteiger partial charge in [-0.15, -0.1) is 0 Å². The van der Waals surface area contributed by atoms with Gasteiger partial charge in [0.05, 0.1) is 6.67 Å². The summed E-state index contributed by atoms with van der Waals surface area (Å²) in [5.74, 6) is 3.06. The van der Waals surface area contributed by atoms with E-state index in [2.05, 4.69) is 12.2 Å². The lowest BCUT2D eigenvalue weighted by Crippen LogP contribution is -2.55. The molecule has 0 radical (unpaired) electrons. The Balaban J connectivity index is 1.64. The minimum Gasteiger partial charge on any atom is -0.314 e. The third kappa shape index (κ3) is 2.14. The first kappa shape index (κ1) is 12.0. The Morgan fingerprint density at radius 3 is 2.12 bits per heavy atom. The molecule has 4 aliphatic carbocycles. The Kier molecular flexibility index (Phi) is 3.18. The van der Waals surface area contributed by atoms with Crippen LogP contribution in [0.5, 0.6) is 0 Å². The summed E-state index contributed by atoms with van der Waals surface area (Å²) in [6, 6.07) is 0.599. The fraction of sp³-hybridized carbons (Fsp3) is 1.00. The fourth-order valence-electron chi connectivity index (χ4n) is 5.31. The van der Waals surface area contributed by atoms with Gasteiger partial charge in [0.25, 0.3) is 0 Å². The van der Waals surface area contributed by atoms with Crippen molar-refractivity contribution in [2.45, 2.75) is 57.9 Å². The molecule has 4 bridgehead atoms. The first-order chi connectivity index (χ1) is 8.22. The monoisotopic (exact) mass is 239 g/mol. The lowest BCUT2D eigenvalue weighted by molar-refractivity contribution is -0.0703. The van der Waals surface area contributed by atoms with Crippen molar-refractivity contribution in [2.75, 3.05) is 13.2 Å². The molecule has 17 heavy (non-hydrogen) atoms. The molecule has 0 amide bonds. The maximum Gasteiger partial charge on any atom is 0.0906 e. The van der Waals surface area contributed by atoms with Crippen molar-refractivity contribution in [3.63, 3.8) is 0 Å². The van der Waals surface area contributed by atoms with Gasteiger partial charge in [-0.3, -0.25) is 4.39 Å². The highest BCUT2D eigenvalue weighted by molar-refractivity contribution is 5.05. The van der Waals surface area contributed by atoms with Gasteiger partial charge in [0.15, 0.2) is 0 Å². The smallest absolute Gasteiger partial charge is 0.0906 e. The largest absolute Gasteiger partial charge is 0.314 e. The quantitative estimate of drug-likeness (QED) is 0.724. The van der Waals surface area contributed by atoms with E-state index in [0.29, 0.717) is 17.9 Å². The second kappa shape index (κ2) is 4.53. The van der Waals surface area contributed by atoms with Gasteiger partial charge in [0, 0.05) is 6.04 Å². The third-order valence-corrected chi connectivity index (χ3v) is 5.77. The molecule has 4 aliphatic rings. The van der Waals surface area contributed by atoms with Gasteiger partial charge in [-0.25, -0.2) is 0 Å². The number of nitrogens with one attached hydrogen (secondary N) is 1. The van der Waals surface area contributed by atoms with Crippen LogP contribution >= 0.6 is 0 Å². The molecule has 0 aromatic carbocycles. The number of rotatable bonds is 5. The number of alkyl halides is 1. The van der Waals surface area contributed by atoms with Gasteiger partial charge in [0.2, 0.25) is 0 Å². The molecule has 0 saturated heterocycles. The van der Waals surface area contributed by atoms with Crippen LogP contribution in [-0.2, 0) is 0 Å². The average molecular weight is 239 g/mol. The molecule has 1 N–H and O–H groups in total. The number of hydrogen-bond acceptors (Lipinski definition) is 1. The predicted molar refractivity (Wildman–Crippen MR) is 68.7 cm³/mol. The molecule has 0 aromatic rings. The molecular weight excluding hydrogens is 213 g/mol. The normalized spacial score (nSPS) is 45.2. The summed E-state index contributed by atoms with van der Waals surface area (Å²) in [5, 5.41) is 3.60. The average Bonchev–Trinajstić information content (AvgIpc) is 2.27. The summed E-state index contributed by atoms with van der Waals surface area (Å²) in [4.78, 5) is 0. The molecule has 0 aliphatic heterocycles. The van der Waals surface area contributed by atoms with E-state index in [-0.39, 0.29) is 6.67 Å². The van der Waals surface area contributed by atoms with Crippen LogP contribution in [-0.4, -0.2) is 19.3 Å². The standard InChI is InChI=1S/C15H26FN/c1-11(17-4-2-3-16)15-8-12-5-13(9-15)7-14(6-12)10-15/h11-14,17H,2-10H2,1H3. The topological polar surface area (TPSA) is 12.0 Å². The summed E-state index contributed by atoms with van der Waals surface area (Å²) < 4.78 is 12.2. The lowest BCUT2D eigenvalue weighted by Gasteiger charge is -2.59. The van der Waals surface area contributed by atoms with Crippen molar-refractivity contribution in [3.8, 4) is 0 Å². The maximum absolute atomic E-state index is 12.2. The van der Waals surface area contributed by atoms with Crippen LogP contribution < -0.4 is 5.32 Å². The zero-order chi connectivity index (χ0) is 11.9. The van der Waals surface area contributed by atoms with E-state index >= 15 is 0 Å². The third-order valence-electron chi connectivity index (χ3n) is 5.77. The fourth-order valence-corrected chi connectivity index (χ4v) is 5.31. The Labute approximate surface area is 105 Å². The SMILES string of the molecule is CC(NCCCF)C12CC3CC(CC(C3)C1)C2. The van der Waals surface area contributed by atoms with Crippen LogP contribution in [0.15, 0.2) is 0 Å². The van der Waals surface area contributed by atoms with Crippen molar-refractivity contribution in [3.05, 3.63) is 0 Å². The molecule has 0 heterocycles. The van der Waals surface area contributed by atoms with Gasteiger partial charge in [-0.05, 0) is 81.6 Å². The second-order valence-electron chi connectivity index (χ2n) is 7.00. The Hall–Kier alpha value is -0.110. The van der Waals surface area contributed by atoms with E-state index in [9.17, 15) is 4.39 Å². The summed E-state index contributed by atoms with van der Waals surface area (Å²) in [5.41, 5.74) is 0.574. The Morgan fingerprint density at radius 2 is 1.65 bits per heavy atom. The zero-order valence-electron chi connectivity index (χ0n) is 11.1. The lowest BCUT2D eigenvalue weighted by atomic mass is 9.48. The second-order valence-corrected chi connectivity index (χ2v) is 7.00. The molecule has 1 nitrogen and oxygen atoms in total. The molecule has 2 heteroatoms. The van der Waals surface area contributed by atoms with Crippen molar-refractivity contribution < 1.29 is 4.39 Å². The molecule has 4 fully saturated rings. The summed E-state index contributed by atoms with van der Waals surface area (Å²) >= 11 is 0. The minimum absolute atomic E-state index is 0.180. The van der Waals surface area contributed by atoms with E-state index in [1.165, 1.54) is 38.5 Å². The molecule has 1 unspecified atom stereocenters. The summed E-state index contributed by atoms with van der Waals surface area (Å²) in [6.07, 6.45) is 9.55. The summed E-state index contributed by atoms with van der Waals surface area (Å²) in [6.45, 7) is 3.03. The molecule has 4 rings (SSSR count). The van der Waals surface area contributed by atoms with Crippen LogP contribution in [0.25, 0.3) is 0 Å². The highest BCUT2D eigenvalue weighted by Crippen LogP contribution is 2.61. The first-order valence-electron chi connectivity index (χ1n) is 7.51. The van der Waals surface area contributed by atoms with E-state index in [1.54, 1.807) is 0 Å². The highest BCUT2D eigenvalue weighted by Gasteiger charge is 2.52. The van der Waals surface area contributed by atoms with Crippen LogP contribution in [0, 0.1) is 23.2 Å². The maximum atomic E-state index is 12.2. The Morgan fingerprint density at radius 1 is 1.12 bits per heavy atom. The van der Waals surface area contributed by atoms with E-state index in [1.807, 2.05) is 0 Å². The Bertz CT molecular complexity index is 241. The molecule has 4 saturated carbocycles. The molecule has 1 atom stereocenters. The predicted octanol–water partition coefficient (Wildman–Crippen LogP) is 3.54. The van der Waals surface area contributed by atoms with Crippen LogP contribution in [0.4, 0.5) is 4.39 Å². The van der Waals surface area contributed by atoms with Gasteiger partial charge >= 0.3 is 0 Å². The molecule has 0 aromatic heterocycles. The van der Waals surface area contributed by atoms with Crippen LogP contribution in [0.2, 0.25) is 0 Å². The van der Waals surface area contributed by atoms with Gasteiger partial charge in [-0.1, -0.05) is 0 Å². The molecular formula is C15H26FN. The van der Waals surface area contributed by atoms with Gasteiger partial charge in [0.1, 0.15) is 0 Å². The van der Waals surface area contributed by atoms with E-state index < -0.39 is 0 Å². The number of hydrogen-bond donors (Lipinski definition) is 1. The number of halogens is 1.